The minimum atomic E-state index is -3.12. The molecule has 0 unspecified atom stereocenters. The van der Waals surface area contributed by atoms with Gasteiger partial charge in [-0.25, -0.2) is 8.42 Å². The lowest BCUT2D eigenvalue weighted by molar-refractivity contribution is 0.597. The molecule has 0 aliphatic carbocycles. The summed E-state index contributed by atoms with van der Waals surface area (Å²) in [6.45, 7) is 5.20. The van der Waals surface area contributed by atoms with Crippen LogP contribution in [0.4, 0.5) is 5.69 Å². The van der Waals surface area contributed by atoms with Gasteiger partial charge in [0.15, 0.2) is 9.84 Å². The number of hydrogen-bond donors (Lipinski definition) is 1. The van der Waals surface area contributed by atoms with E-state index in [1.807, 2.05) is 24.0 Å². The van der Waals surface area contributed by atoms with Gasteiger partial charge in [-0.1, -0.05) is 6.92 Å². The molecule has 0 saturated carbocycles. The molecule has 2 aromatic rings. The Balaban J connectivity index is 2.00. The van der Waals surface area contributed by atoms with Crippen LogP contribution in [0.15, 0.2) is 41.6 Å². The maximum absolute atomic E-state index is 11.7. The molecule has 0 aliphatic rings. The Hall–Kier alpha value is -1.82. The summed E-state index contributed by atoms with van der Waals surface area (Å²) < 4.78 is 25.3. The summed E-state index contributed by atoms with van der Waals surface area (Å²) in [5, 5.41) is 7.45. The molecule has 1 aromatic heterocycles. The molecular formula is C14H19N3O2S. The molecule has 2 rings (SSSR count). The van der Waals surface area contributed by atoms with E-state index >= 15 is 0 Å². The Kier molecular flexibility index (Phi) is 4.44. The summed E-state index contributed by atoms with van der Waals surface area (Å²) in [5.41, 5.74) is 1.99. The van der Waals surface area contributed by atoms with Crippen molar-refractivity contribution in [2.24, 2.45) is 0 Å². The van der Waals surface area contributed by atoms with E-state index in [4.69, 9.17) is 0 Å². The highest BCUT2D eigenvalue weighted by molar-refractivity contribution is 7.91. The SMILES string of the molecule is CCn1cc(CNc2ccc(S(=O)(=O)CC)cc2)cn1. The van der Waals surface area contributed by atoms with E-state index in [2.05, 4.69) is 10.4 Å². The highest BCUT2D eigenvalue weighted by atomic mass is 32.2. The third-order valence-electron chi connectivity index (χ3n) is 3.10. The van der Waals surface area contributed by atoms with Crippen molar-refractivity contribution in [2.75, 3.05) is 11.1 Å². The Morgan fingerprint density at radius 2 is 1.90 bits per heavy atom. The molecule has 0 aliphatic heterocycles. The number of nitrogens with zero attached hydrogens (tertiary/aromatic N) is 2. The molecule has 0 atom stereocenters. The number of nitrogens with one attached hydrogen (secondary N) is 1. The van der Waals surface area contributed by atoms with Crippen LogP contribution in [0.25, 0.3) is 0 Å². The van der Waals surface area contributed by atoms with E-state index in [9.17, 15) is 8.42 Å². The summed E-state index contributed by atoms with van der Waals surface area (Å²) in [4.78, 5) is 0.365. The van der Waals surface area contributed by atoms with Gasteiger partial charge in [0.1, 0.15) is 0 Å². The summed E-state index contributed by atoms with van der Waals surface area (Å²) in [6, 6.07) is 6.84. The maximum Gasteiger partial charge on any atom is 0.178 e. The van der Waals surface area contributed by atoms with Crippen LogP contribution in [0.2, 0.25) is 0 Å². The van der Waals surface area contributed by atoms with Crippen LogP contribution in [-0.4, -0.2) is 24.0 Å². The molecule has 1 heterocycles. The third-order valence-corrected chi connectivity index (χ3v) is 4.85. The predicted molar refractivity (Wildman–Crippen MR) is 79.4 cm³/mol. The van der Waals surface area contributed by atoms with Crippen LogP contribution >= 0.6 is 0 Å². The molecule has 5 nitrogen and oxygen atoms in total. The molecule has 0 fully saturated rings. The number of sulfone groups is 1. The topological polar surface area (TPSA) is 64.0 Å². The molecule has 0 radical (unpaired) electrons. The molecule has 0 spiro atoms. The van der Waals surface area contributed by atoms with E-state index in [1.54, 1.807) is 31.2 Å². The van der Waals surface area contributed by atoms with E-state index < -0.39 is 9.84 Å². The zero-order chi connectivity index (χ0) is 14.6. The molecule has 0 amide bonds. The van der Waals surface area contributed by atoms with Crippen molar-refractivity contribution in [1.82, 2.24) is 9.78 Å². The number of rotatable bonds is 6. The van der Waals surface area contributed by atoms with Crippen molar-refractivity contribution in [3.8, 4) is 0 Å². The number of aryl methyl sites for hydroxylation is 1. The second kappa shape index (κ2) is 6.09. The first-order chi connectivity index (χ1) is 9.55. The third kappa shape index (κ3) is 3.39. The summed E-state index contributed by atoms with van der Waals surface area (Å²) in [7, 11) is -3.12. The lowest BCUT2D eigenvalue weighted by Crippen LogP contribution is -2.04. The smallest absolute Gasteiger partial charge is 0.178 e. The molecule has 1 N–H and O–H groups in total. The number of anilines is 1. The highest BCUT2D eigenvalue weighted by Gasteiger charge is 2.10. The van der Waals surface area contributed by atoms with Crippen molar-refractivity contribution in [3.63, 3.8) is 0 Å². The van der Waals surface area contributed by atoms with Crippen molar-refractivity contribution in [1.29, 1.82) is 0 Å². The Bertz CT molecular complexity index is 660. The van der Waals surface area contributed by atoms with Gasteiger partial charge in [-0.2, -0.15) is 5.10 Å². The number of benzene rings is 1. The van der Waals surface area contributed by atoms with Gasteiger partial charge in [-0.3, -0.25) is 4.68 Å². The van der Waals surface area contributed by atoms with Crippen LogP contribution in [0.5, 0.6) is 0 Å². The zero-order valence-corrected chi connectivity index (χ0v) is 12.5. The standard InChI is InChI=1S/C14H19N3O2S/c1-3-17-11-12(10-16-17)9-15-13-5-7-14(8-6-13)20(18,19)4-2/h5-8,10-11,15H,3-4,9H2,1-2H3. The monoisotopic (exact) mass is 293 g/mol. The highest BCUT2D eigenvalue weighted by Crippen LogP contribution is 2.16. The van der Waals surface area contributed by atoms with Gasteiger partial charge in [0.05, 0.1) is 16.8 Å². The van der Waals surface area contributed by atoms with Crippen molar-refractivity contribution in [3.05, 3.63) is 42.2 Å². The van der Waals surface area contributed by atoms with E-state index in [-0.39, 0.29) is 5.75 Å². The van der Waals surface area contributed by atoms with Crippen LogP contribution in [0.1, 0.15) is 19.4 Å². The summed E-state index contributed by atoms with van der Waals surface area (Å²) in [5.74, 6) is 0.121. The van der Waals surface area contributed by atoms with Gasteiger partial charge in [-0.15, -0.1) is 0 Å². The zero-order valence-electron chi connectivity index (χ0n) is 11.7. The number of aromatic nitrogens is 2. The van der Waals surface area contributed by atoms with Crippen molar-refractivity contribution >= 4 is 15.5 Å². The number of hydrogen-bond acceptors (Lipinski definition) is 4. The molecule has 1 aromatic carbocycles. The second-order valence-corrected chi connectivity index (χ2v) is 6.76. The van der Waals surface area contributed by atoms with Crippen molar-refractivity contribution in [2.45, 2.75) is 31.8 Å². The van der Waals surface area contributed by atoms with Crippen LogP contribution in [0.3, 0.4) is 0 Å². The van der Waals surface area contributed by atoms with Crippen molar-refractivity contribution < 1.29 is 8.42 Å². The maximum atomic E-state index is 11.7. The minimum absolute atomic E-state index is 0.121. The molecular weight excluding hydrogens is 274 g/mol. The molecule has 6 heteroatoms. The van der Waals surface area contributed by atoms with E-state index in [0.717, 1.165) is 17.8 Å². The second-order valence-electron chi connectivity index (χ2n) is 4.49. The average molecular weight is 293 g/mol. The van der Waals surface area contributed by atoms with E-state index in [0.29, 0.717) is 11.4 Å². The fourth-order valence-corrected chi connectivity index (χ4v) is 2.71. The first-order valence-electron chi connectivity index (χ1n) is 6.63. The first kappa shape index (κ1) is 14.6. The average Bonchev–Trinajstić information content (AvgIpc) is 2.93. The summed E-state index contributed by atoms with van der Waals surface area (Å²) in [6.07, 6.45) is 3.81. The molecule has 0 bridgehead atoms. The quantitative estimate of drug-likeness (QED) is 0.887. The first-order valence-corrected chi connectivity index (χ1v) is 8.28. The molecule has 108 valence electrons. The lowest BCUT2D eigenvalue weighted by atomic mass is 10.3. The van der Waals surface area contributed by atoms with Crippen LogP contribution < -0.4 is 5.32 Å². The normalized spacial score (nSPS) is 11.5. The largest absolute Gasteiger partial charge is 0.381 e. The van der Waals surface area contributed by atoms with Gasteiger partial charge in [-0.05, 0) is 31.2 Å². The van der Waals surface area contributed by atoms with Gasteiger partial charge in [0.25, 0.3) is 0 Å². The van der Waals surface area contributed by atoms with Gasteiger partial charge >= 0.3 is 0 Å². The van der Waals surface area contributed by atoms with Crippen LogP contribution in [-0.2, 0) is 22.9 Å². The fraction of sp³-hybridized carbons (Fsp3) is 0.357. The fourth-order valence-electron chi connectivity index (χ4n) is 1.82. The molecule has 0 saturated heterocycles. The Morgan fingerprint density at radius 3 is 2.45 bits per heavy atom. The Labute approximate surface area is 119 Å². The molecule has 20 heavy (non-hydrogen) atoms. The lowest BCUT2D eigenvalue weighted by Gasteiger charge is -2.06. The predicted octanol–water partition coefficient (Wildman–Crippen LogP) is 2.31. The van der Waals surface area contributed by atoms with Gasteiger partial charge < -0.3 is 5.32 Å². The summed E-state index contributed by atoms with van der Waals surface area (Å²) >= 11 is 0. The van der Waals surface area contributed by atoms with E-state index in [1.165, 1.54) is 0 Å². The van der Waals surface area contributed by atoms with Crippen LogP contribution in [0, 0.1) is 0 Å². The van der Waals surface area contributed by atoms with Gasteiger partial charge in [0.2, 0.25) is 0 Å². The minimum Gasteiger partial charge on any atom is -0.381 e. The Morgan fingerprint density at radius 1 is 1.20 bits per heavy atom. The van der Waals surface area contributed by atoms with Gasteiger partial charge in [0, 0.05) is 30.5 Å².